The molecule has 186 valence electrons. The Hall–Kier alpha value is -2.43. The minimum Gasteiger partial charge on any atom is -0.345 e. The number of piperazine rings is 1. The van der Waals surface area contributed by atoms with Crippen LogP contribution in [0, 0.1) is 0 Å². The number of thiazole rings is 1. The third kappa shape index (κ3) is 7.05. The van der Waals surface area contributed by atoms with Gasteiger partial charge in [-0.25, -0.2) is 14.8 Å². The molecule has 2 N–H and O–H groups in total. The quantitative estimate of drug-likeness (QED) is 0.226. The van der Waals surface area contributed by atoms with Gasteiger partial charge in [0, 0.05) is 37.6 Å². The van der Waals surface area contributed by atoms with Gasteiger partial charge < -0.3 is 9.80 Å². The lowest BCUT2D eigenvalue weighted by Crippen LogP contribution is -2.43. The molecule has 0 spiro atoms. The fourth-order valence-corrected chi connectivity index (χ4v) is 5.83. The number of nitrogens with one attached hydrogen (secondary N) is 1. The van der Waals surface area contributed by atoms with Crippen LogP contribution in [0.1, 0.15) is 35.0 Å². The number of rotatable bonds is 10. The monoisotopic (exact) mass is 511 g/mol. The van der Waals surface area contributed by atoms with Crippen LogP contribution in [0.3, 0.4) is 0 Å². The molecule has 1 aromatic heterocycles. The van der Waals surface area contributed by atoms with Crippen LogP contribution in [0.25, 0.3) is 11.1 Å². The second-order valence-corrected chi connectivity index (χ2v) is 11.0. The first kappa shape index (κ1) is 25.7. The molecule has 0 atom stereocenters. The number of nitrogens with zero attached hydrogens (tertiary/aromatic N) is 4. The molecule has 0 bridgehead atoms. The molecule has 2 aromatic carbocycles. The van der Waals surface area contributed by atoms with Crippen molar-refractivity contribution in [1.82, 2.24) is 19.7 Å². The fraction of sp³-hybridized carbons (Fsp3) is 0.385. The molecule has 3 aromatic rings. The van der Waals surface area contributed by atoms with Crippen molar-refractivity contribution in [2.75, 3.05) is 44.7 Å². The summed E-state index contributed by atoms with van der Waals surface area (Å²) in [5, 5.41) is 9.60. The molecule has 1 saturated heterocycles. The van der Waals surface area contributed by atoms with Crippen LogP contribution < -0.4 is 10.4 Å². The minimum atomic E-state index is -0.516. The first-order valence-electron chi connectivity index (χ1n) is 12.0. The Balaban J connectivity index is 1.30. The number of carbonyl (C=O) groups is 1. The molecule has 0 radical (unpaired) electrons. The van der Waals surface area contributed by atoms with Gasteiger partial charge in [-0.05, 0) is 66.9 Å². The number of amides is 1. The van der Waals surface area contributed by atoms with Crippen LogP contribution in [0.2, 0.25) is 0 Å². The van der Waals surface area contributed by atoms with Crippen molar-refractivity contribution in [2.45, 2.75) is 31.2 Å². The summed E-state index contributed by atoms with van der Waals surface area (Å²) in [7, 11) is 2.19. The van der Waals surface area contributed by atoms with Crippen LogP contribution in [-0.2, 0) is 6.54 Å². The van der Waals surface area contributed by atoms with Gasteiger partial charge in [0.15, 0.2) is 5.13 Å². The Bertz CT molecular complexity index is 1100. The summed E-state index contributed by atoms with van der Waals surface area (Å²) in [6.45, 7) is 7.84. The van der Waals surface area contributed by atoms with E-state index in [1.54, 1.807) is 17.4 Å². The van der Waals surface area contributed by atoms with Crippen LogP contribution in [0.4, 0.5) is 5.13 Å². The van der Waals surface area contributed by atoms with Crippen molar-refractivity contribution in [3.05, 3.63) is 65.2 Å². The van der Waals surface area contributed by atoms with Gasteiger partial charge in [-0.3, -0.25) is 10.0 Å². The summed E-state index contributed by atoms with van der Waals surface area (Å²) in [5.41, 5.74) is 5.51. The molecule has 35 heavy (non-hydrogen) atoms. The molecule has 0 saturated carbocycles. The first-order valence-corrected chi connectivity index (χ1v) is 13.6. The lowest BCUT2D eigenvalue weighted by atomic mass is 10.0. The Labute approximate surface area is 215 Å². The number of benzene rings is 2. The average Bonchev–Trinajstić information content (AvgIpc) is 3.38. The molecule has 4 rings (SSSR count). The molecule has 7 nitrogen and oxygen atoms in total. The van der Waals surface area contributed by atoms with E-state index in [4.69, 9.17) is 5.21 Å². The van der Waals surface area contributed by atoms with Crippen LogP contribution >= 0.6 is 23.3 Å². The predicted octanol–water partition coefficient (Wildman–Crippen LogP) is 4.99. The zero-order valence-corrected chi connectivity index (χ0v) is 21.9. The van der Waals surface area contributed by atoms with Crippen LogP contribution in [-0.4, -0.2) is 65.1 Å². The first-order chi connectivity index (χ1) is 17.1. The van der Waals surface area contributed by atoms with E-state index in [2.05, 4.69) is 81.6 Å². The molecule has 9 heteroatoms. The van der Waals surface area contributed by atoms with E-state index in [1.807, 2.05) is 0 Å². The molecular weight excluding hydrogens is 478 g/mol. The molecule has 2 heterocycles. The van der Waals surface area contributed by atoms with Crippen molar-refractivity contribution in [1.29, 1.82) is 0 Å². The molecule has 0 aliphatic carbocycles. The lowest BCUT2D eigenvalue weighted by Gasteiger charge is -2.33. The number of hydrogen-bond donors (Lipinski definition) is 2. The number of unbranched alkanes of at least 4 members (excludes halogenated alkanes) is 1. The van der Waals surface area contributed by atoms with E-state index < -0.39 is 5.91 Å². The highest BCUT2D eigenvalue weighted by atomic mass is 32.2. The van der Waals surface area contributed by atoms with E-state index in [9.17, 15) is 4.79 Å². The standard InChI is InChI=1S/C26H33N5O2S2/c1-3-4-12-29(2)19-20-6-5-7-22(17-20)21-8-10-23(11-9-21)35-31-15-13-30(14-16-31)26-27-18-24(34-26)25(32)28-33/h5-11,17-18,33H,3-4,12-16,19H2,1-2H3,(H,28,32). The Morgan fingerprint density at radius 2 is 1.91 bits per heavy atom. The third-order valence-corrected chi connectivity index (χ3v) is 8.19. The minimum absolute atomic E-state index is 0.411. The molecule has 1 fully saturated rings. The maximum absolute atomic E-state index is 11.6. The van der Waals surface area contributed by atoms with Gasteiger partial charge in [0.05, 0.1) is 6.20 Å². The number of aromatic nitrogens is 1. The third-order valence-electron chi connectivity index (χ3n) is 6.02. The summed E-state index contributed by atoms with van der Waals surface area (Å²) < 4.78 is 2.37. The van der Waals surface area contributed by atoms with Gasteiger partial charge in [-0.1, -0.05) is 55.0 Å². The van der Waals surface area contributed by atoms with Crippen molar-refractivity contribution in [3.8, 4) is 11.1 Å². The van der Waals surface area contributed by atoms with Gasteiger partial charge in [-0.2, -0.15) is 0 Å². The zero-order valence-electron chi connectivity index (χ0n) is 20.3. The Morgan fingerprint density at radius 3 is 2.63 bits per heavy atom. The van der Waals surface area contributed by atoms with Crippen LogP contribution in [0.15, 0.2) is 59.6 Å². The highest BCUT2D eigenvalue weighted by Gasteiger charge is 2.21. The highest BCUT2D eigenvalue weighted by molar-refractivity contribution is 7.97. The predicted molar refractivity (Wildman–Crippen MR) is 144 cm³/mol. The number of hydroxylamine groups is 1. The smallest absolute Gasteiger partial charge is 0.286 e. The van der Waals surface area contributed by atoms with E-state index >= 15 is 0 Å². The van der Waals surface area contributed by atoms with E-state index in [0.29, 0.717) is 4.88 Å². The van der Waals surface area contributed by atoms with Gasteiger partial charge >= 0.3 is 0 Å². The van der Waals surface area contributed by atoms with E-state index in [1.165, 1.54) is 52.0 Å². The van der Waals surface area contributed by atoms with Gasteiger partial charge in [0.25, 0.3) is 5.91 Å². The number of anilines is 1. The largest absolute Gasteiger partial charge is 0.345 e. The number of carbonyl (C=O) groups excluding carboxylic acids is 1. The lowest BCUT2D eigenvalue weighted by molar-refractivity contribution is 0.0710. The Kier molecular flexibility index (Phi) is 9.17. The molecule has 1 aliphatic rings. The van der Waals surface area contributed by atoms with Crippen molar-refractivity contribution < 1.29 is 10.0 Å². The van der Waals surface area contributed by atoms with Crippen LogP contribution in [0.5, 0.6) is 0 Å². The molecule has 1 amide bonds. The van der Waals surface area contributed by atoms with Gasteiger partial charge in [-0.15, -0.1) is 0 Å². The zero-order chi connectivity index (χ0) is 24.6. The Morgan fingerprint density at radius 1 is 1.14 bits per heavy atom. The van der Waals surface area contributed by atoms with Crippen molar-refractivity contribution in [3.63, 3.8) is 0 Å². The molecule has 1 aliphatic heterocycles. The second-order valence-electron chi connectivity index (χ2n) is 8.77. The van der Waals surface area contributed by atoms with Crippen molar-refractivity contribution >= 4 is 34.3 Å². The van der Waals surface area contributed by atoms with Gasteiger partial charge in [0.1, 0.15) is 4.88 Å². The van der Waals surface area contributed by atoms with E-state index in [-0.39, 0.29) is 0 Å². The second kappa shape index (κ2) is 12.5. The maximum Gasteiger partial charge on any atom is 0.286 e. The SMILES string of the molecule is CCCCN(C)Cc1cccc(-c2ccc(SN3CCN(c4ncc(C(=O)NO)s4)CC3)cc2)c1. The summed E-state index contributed by atoms with van der Waals surface area (Å²) in [6, 6.07) is 17.7. The highest BCUT2D eigenvalue weighted by Crippen LogP contribution is 2.30. The normalized spacial score (nSPS) is 14.5. The summed E-state index contributed by atoms with van der Waals surface area (Å²) in [4.78, 5) is 22.1. The summed E-state index contributed by atoms with van der Waals surface area (Å²) in [5.74, 6) is -0.516. The van der Waals surface area contributed by atoms with Gasteiger partial charge in [0.2, 0.25) is 0 Å². The maximum atomic E-state index is 11.6. The average molecular weight is 512 g/mol. The number of hydrogen-bond acceptors (Lipinski definition) is 8. The molecule has 0 unspecified atom stereocenters. The summed E-state index contributed by atoms with van der Waals surface area (Å²) >= 11 is 3.08. The van der Waals surface area contributed by atoms with E-state index in [0.717, 1.165) is 44.4 Å². The molecular formula is C26H33N5O2S2. The fourth-order valence-electron chi connectivity index (χ4n) is 4.07. The van der Waals surface area contributed by atoms with Crippen molar-refractivity contribution in [2.24, 2.45) is 0 Å². The summed E-state index contributed by atoms with van der Waals surface area (Å²) in [6.07, 6.45) is 3.97. The topological polar surface area (TPSA) is 71.9 Å².